The third-order valence-electron chi connectivity index (χ3n) is 7.35. The fourth-order valence-corrected chi connectivity index (χ4v) is 6.24. The summed E-state index contributed by atoms with van der Waals surface area (Å²) in [6.07, 6.45) is 1.18. The third kappa shape index (κ3) is 11.5. The highest BCUT2D eigenvalue weighted by atomic mass is 35.5. The molecule has 0 saturated heterocycles. The minimum Gasteiger partial charge on any atom is -0.370 e. The lowest BCUT2D eigenvalue weighted by atomic mass is 9.98. The number of halogens is 2. The van der Waals surface area contributed by atoms with Gasteiger partial charge in [-0.2, -0.15) is 11.3 Å². The number of likely N-dealkylation sites (N-methyl/N-ethyl adjacent to an activating group) is 1. The normalized spacial score (nSPS) is 13.0. The second-order valence-electron chi connectivity index (χ2n) is 11.8. The number of nitrogens with one attached hydrogen (secondary N) is 2. The average molecular weight is 722 g/mol. The number of nitrogens with zero attached hydrogens (tertiary/aromatic N) is 5. The van der Waals surface area contributed by atoms with Crippen LogP contribution in [0.4, 0.5) is 0 Å². The molecule has 3 atom stereocenters. The van der Waals surface area contributed by atoms with Gasteiger partial charge in [0.05, 0.1) is 5.69 Å². The van der Waals surface area contributed by atoms with E-state index in [1.165, 1.54) is 28.0 Å². The van der Waals surface area contributed by atoms with E-state index in [4.69, 9.17) is 40.4 Å². The molecule has 2 aromatic heterocycles. The molecule has 8 N–H and O–H groups in total. The summed E-state index contributed by atoms with van der Waals surface area (Å²) in [5, 5.41) is 14.5. The maximum Gasteiger partial charge on any atom is 0.291 e. The zero-order valence-corrected chi connectivity index (χ0v) is 29.6. The molecule has 4 amide bonds. The first kappa shape index (κ1) is 38.2. The lowest BCUT2D eigenvalue weighted by Gasteiger charge is -2.29. The summed E-state index contributed by atoms with van der Waals surface area (Å²) < 4.78 is 1.42. The van der Waals surface area contributed by atoms with E-state index < -0.39 is 35.8 Å². The summed E-state index contributed by atoms with van der Waals surface area (Å²) in [6.45, 7) is 5.80. The molecule has 1 aromatic carbocycles. The third-order valence-corrected chi connectivity index (χ3v) is 8.52. The molecule has 0 aliphatic carbocycles. The Morgan fingerprint density at radius 3 is 2.35 bits per heavy atom. The van der Waals surface area contributed by atoms with Gasteiger partial charge in [-0.1, -0.05) is 37.0 Å². The molecule has 3 rings (SSSR count). The molecule has 3 aromatic rings. The second kappa shape index (κ2) is 17.8. The van der Waals surface area contributed by atoms with Crippen LogP contribution in [0, 0.1) is 12.8 Å². The standard InChI is InChI=1S/C31H42Cl2N10O4S/c1-17(2)10-22(15-26(44)42(4)25(27(34)45)11-19-7-9-48-16-19)39-29(46)24(6-5-8-37-31(35)36)40-30(47)28-38-18(3)43(41-28)23-13-20(32)12-21(33)14-23/h7,9,12-14,16-17,22,24-25H,5-6,8,10-11,15H2,1-4H3,(H2,34,45)(H,39,46)(H,40,47)(H4,35,36,37)/t22-,24-,25-/m0/s1. The van der Waals surface area contributed by atoms with Crippen molar-refractivity contribution in [3.63, 3.8) is 0 Å². The molecule has 0 unspecified atom stereocenters. The summed E-state index contributed by atoms with van der Waals surface area (Å²) in [6, 6.07) is 4.18. The van der Waals surface area contributed by atoms with E-state index in [1.807, 2.05) is 30.7 Å². The molecule has 48 heavy (non-hydrogen) atoms. The number of carbonyl (C=O) groups is 4. The molecule has 17 heteroatoms. The van der Waals surface area contributed by atoms with Gasteiger partial charge in [-0.05, 0) is 72.7 Å². The number of nitrogens with two attached hydrogens (primary N) is 3. The predicted molar refractivity (Wildman–Crippen MR) is 187 cm³/mol. The summed E-state index contributed by atoms with van der Waals surface area (Å²) in [7, 11) is 1.52. The van der Waals surface area contributed by atoms with Crippen molar-refractivity contribution in [1.29, 1.82) is 0 Å². The van der Waals surface area contributed by atoms with Crippen LogP contribution in [0.1, 0.15) is 61.5 Å². The fourth-order valence-electron chi connectivity index (χ4n) is 5.04. The number of amides is 4. The average Bonchev–Trinajstić information content (AvgIpc) is 3.65. The van der Waals surface area contributed by atoms with Crippen molar-refractivity contribution in [1.82, 2.24) is 30.3 Å². The van der Waals surface area contributed by atoms with Gasteiger partial charge in [0.15, 0.2) is 5.96 Å². The number of hydrogen-bond donors (Lipinski definition) is 5. The van der Waals surface area contributed by atoms with Crippen molar-refractivity contribution >= 4 is 64.1 Å². The van der Waals surface area contributed by atoms with Crippen LogP contribution in [0.3, 0.4) is 0 Å². The molecule has 0 spiro atoms. The molecule has 0 radical (unpaired) electrons. The Bertz CT molecular complexity index is 1590. The van der Waals surface area contributed by atoms with E-state index in [-0.39, 0.29) is 49.4 Å². The van der Waals surface area contributed by atoms with Crippen LogP contribution in [-0.2, 0) is 20.8 Å². The highest BCUT2D eigenvalue weighted by Gasteiger charge is 2.30. The molecule has 14 nitrogen and oxygen atoms in total. The highest BCUT2D eigenvalue weighted by molar-refractivity contribution is 7.07. The SMILES string of the molecule is Cc1nc(C(=O)N[C@@H](CCCN=C(N)N)C(=O)N[C@H](CC(=O)N(C)[C@@H](Cc2ccsc2)C(N)=O)CC(C)C)nn1-c1cc(Cl)cc(Cl)c1. The van der Waals surface area contributed by atoms with Crippen LogP contribution in [0.25, 0.3) is 5.69 Å². The number of guanidine groups is 1. The first-order chi connectivity index (χ1) is 22.6. The molecule has 0 aliphatic rings. The second-order valence-corrected chi connectivity index (χ2v) is 13.4. The van der Waals surface area contributed by atoms with Crippen LogP contribution in [0.5, 0.6) is 0 Å². The Labute approximate surface area is 293 Å². The van der Waals surface area contributed by atoms with E-state index in [2.05, 4.69) is 25.7 Å². The van der Waals surface area contributed by atoms with Gasteiger partial charge in [0, 0.05) is 42.5 Å². The Morgan fingerprint density at radius 2 is 1.77 bits per heavy atom. The molecule has 0 bridgehead atoms. The van der Waals surface area contributed by atoms with Gasteiger partial charge in [-0.25, -0.2) is 9.67 Å². The molecule has 0 aliphatic heterocycles. The van der Waals surface area contributed by atoms with Crippen molar-refractivity contribution < 1.29 is 19.2 Å². The zero-order chi connectivity index (χ0) is 35.5. The van der Waals surface area contributed by atoms with E-state index in [1.54, 1.807) is 25.1 Å². The lowest BCUT2D eigenvalue weighted by molar-refractivity contribution is -0.138. The summed E-state index contributed by atoms with van der Waals surface area (Å²) in [5.74, 6) is -1.98. The van der Waals surface area contributed by atoms with Crippen molar-refractivity contribution in [3.05, 3.63) is 62.3 Å². The van der Waals surface area contributed by atoms with Gasteiger partial charge < -0.3 is 32.7 Å². The number of benzene rings is 1. The molecule has 0 fully saturated rings. The Balaban J connectivity index is 1.79. The Morgan fingerprint density at radius 1 is 1.08 bits per heavy atom. The molecular weight excluding hydrogens is 679 g/mol. The van der Waals surface area contributed by atoms with Crippen molar-refractivity contribution in [2.45, 2.75) is 71.0 Å². The van der Waals surface area contributed by atoms with E-state index in [0.29, 0.717) is 34.4 Å². The van der Waals surface area contributed by atoms with Gasteiger partial charge in [-0.3, -0.25) is 24.2 Å². The van der Waals surface area contributed by atoms with E-state index >= 15 is 0 Å². The number of aryl methyl sites for hydroxylation is 1. The number of carbonyl (C=O) groups excluding carboxylic acids is 4. The van der Waals surface area contributed by atoms with Crippen LogP contribution < -0.4 is 27.8 Å². The number of rotatable bonds is 17. The maximum atomic E-state index is 13.7. The van der Waals surface area contributed by atoms with Gasteiger partial charge in [0.2, 0.25) is 23.5 Å². The Kier molecular flexibility index (Phi) is 14.2. The van der Waals surface area contributed by atoms with E-state index in [9.17, 15) is 19.2 Å². The molecule has 260 valence electrons. The van der Waals surface area contributed by atoms with Crippen molar-refractivity contribution in [3.8, 4) is 5.69 Å². The van der Waals surface area contributed by atoms with E-state index in [0.717, 1.165) is 5.56 Å². The molecule has 0 saturated carbocycles. The van der Waals surface area contributed by atoms with Crippen LogP contribution >= 0.6 is 34.5 Å². The molecular formula is C31H42Cl2N10O4S. The first-order valence-corrected chi connectivity index (χ1v) is 17.0. The number of thiophene rings is 1. The zero-order valence-electron chi connectivity index (χ0n) is 27.3. The number of primary amides is 1. The summed E-state index contributed by atoms with van der Waals surface area (Å²) in [5.41, 5.74) is 18.0. The van der Waals surface area contributed by atoms with Gasteiger partial charge in [0.25, 0.3) is 5.91 Å². The van der Waals surface area contributed by atoms with Crippen molar-refractivity contribution in [2.24, 2.45) is 28.1 Å². The molecule has 2 heterocycles. The number of aromatic nitrogens is 3. The minimum absolute atomic E-state index is 0.0874. The maximum absolute atomic E-state index is 13.7. The number of aliphatic imine (C=N–C) groups is 1. The summed E-state index contributed by atoms with van der Waals surface area (Å²) >= 11 is 13.8. The summed E-state index contributed by atoms with van der Waals surface area (Å²) in [4.78, 5) is 62.4. The topological polar surface area (TPSA) is 217 Å². The van der Waals surface area contributed by atoms with Crippen LogP contribution in [-0.4, -0.2) is 81.0 Å². The first-order valence-electron chi connectivity index (χ1n) is 15.3. The number of hydrogen-bond acceptors (Lipinski definition) is 8. The predicted octanol–water partition coefficient (Wildman–Crippen LogP) is 2.57. The van der Waals surface area contributed by atoms with Crippen LogP contribution in [0.2, 0.25) is 10.0 Å². The van der Waals surface area contributed by atoms with Gasteiger partial charge in [0.1, 0.15) is 17.9 Å². The van der Waals surface area contributed by atoms with Crippen molar-refractivity contribution in [2.75, 3.05) is 13.6 Å². The smallest absolute Gasteiger partial charge is 0.291 e. The monoisotopic (exact) mass is 720 g/mol. The minimum atomic E-state index is -1.04. The lowest BCUT2D eigenvalue weighted by Crippen LogP contribution is -2.52. The largest absolute Gasteiger partial charge is 0.370 e. The van der Waals surface area contributed by atoms with Crippen LogP contribution in [0.15, 0.2) is 40.0 Å². The fraction of sp³-hybridized carbons (Fsp3) is 0.452. The quantitative estimate of drug-likeness (QED) is 0.0791. The van der Waals surface area contributed by atoms with Gasteiger partial charge in [-0.15, -0.1) is 5.10 Å². The highest BCUT2D eigenvalue weighted by Crippen LogP contribution is 2.22. The van der Waals surface area contributed by atoms with Gasteiger partial charge >= 0.3 is 0 Å². The Hall–Kier alpha value is -4.21.